The van der Waals surface area contributed by atoms with Gasteiger partial charge in [-0.15, -0.1) is 0 Å². The molecule has 1 heterocycles. The van der Waals surface area contributed by atoms with Crippen LogP contribution < -0.4 is 0 Å². The standard InChI is InChI=1S/C13H21F3O4/c1-9(8-12(2,18)13(14,15)16)20-11(17)7-10-3-5-19-6-4-10/h9-10,18H,3-8H2,1-2H3. The Hall–Kier alpha value is -0.820. The average Bonchev–Trinajstić information content (AvgIpc) is 2.27. The normalized spacial score (nSPS) is 22.1. The van der Waals surface area contributed by atoms with Crippen LogP contribution in [0.25, 0.3) is 0 Å². The predicted octanol–water partition coefficient (Wildman–Crippen LogP) is 2.44. The quantitative estimate of drug-likeness (QED) is 0.792. The maximum atomic E-state index is 12.5. The van der Waals surface area contributed by atoms with Gasteiger partial charge in [-0.1, -0.05) is 0 Å². The smallest absolute Gasteiger partial charge is 0.417 e. The van der Waals surface area contributed by atoms with Crippen LogP contribution in [0.3, 0.4) is 0 Å². The summed E-state index contributed by atoms with van der Waals surface area (Å²) in [7, 11) is 0. The first kappa shape index (κ1) is 17.2. The van der Waals surface area contributed by atoms with Crippen molar-refractivity contribution in [1.82, 2.24) is 0 Å². The monoisotopic (exact) mass is 298 g/mol. The molecule has 0 aliphatic carbocycles. The number of alkyl halides is 3. The molecule has 1 N–H and O–H groups in total. The fourth-order valence-electron chi connectivity index (χ4n) is 2.18. The molecule has 4 nitrogen and oxygen atoms in total. The lowest BCUT2D eigenvalue weighted by Gasteiger charge is -2.29. The molecule has 0 radical (unpaired) electrons. The molecule has 1 aliphatic heterocycles. The van der Waals surface area contributed by atoms with E-state index in [0.717, 1.165) is 12.8 Å². The minimum atomic E-state index is -4.74. The molecular formula is C13H21F3O4. The van der Waals surface area contributed by atoms with Crippen molar-refractivity contribution in [3.05, 3.63) is 0 Å². The van der Waals surface area contributed by atoms with Gasteiger partial charge in [-0.05, 0) is 32.6 Å². The van der Waals surface area contributed by atoms with Crippen molar-refractivity contribution in [1.29, 1.82) is 0 Å². The Labute approximate surface area is 116 Å². The van der Waals surface area contributed by atoms with Crippen LogP contribution in [0.5, 0.6) is 0 Å². The zero-order valence-corrected chi connectivity index (χ0v) is 11.7. The van der Waals surface area contributed by atoms with Gasteiger partial charge in [-0.2, -0.15) is 13.2 Å². The van der Waals surface area contributed by atoms with Crippen LogP contribution in [0.4, 0.5) is 13.2 Å². The number of rotatable bonds is 5. The number of halogens is 3. The van der Waals surface area contributed by atoms with Gasteiger partial charge in [0.2, 0.25) is 0 Å². The number of aliphatic hydroxyl groups is 1. The molecule has 1 aliphatic rings. The van der Waals surface area contributed by atoms with Crippen LogP contribution in [-0.2, 0) is 14.3 Å². The Morgan fingerprint density at radius 2 is 1.95 bits per heavy atom. The maximum Gasteiger partial charge on any atom is 0.417 e. The molecule has 0 aromatic rings. The van der Waals surface area contributed by atoms with E-state index in [-0.39, 0.29) is 12.3 Å². The lowest BCUT2D eigenvalue weighted by atomic mass is 9.96. The van der Waals surface area contributed by atoms with Crippen LogP contribution in [0.15, 0.2) is 0 Å². The Bertz CT molecular complexity index is 322. The molecule has 2 unspecified atom stereocenters. The fraction of sp³-hybridized carbons (Fsp3) is 0.923. The minimum absolute atomic E-state index is 0.159. The van der Waals surface area contributed by atoms with Gasteiger partial charge in [-0.25, -0.2) is 0 Å². The molecule has 0 spiro atoms. The van der Waals surface area contributed by atoms with E-state index < -0.39 is 30.3 Å². The summed E-state index contributed by atoms with van der Waals surface area (Å²) in [4.78, 5) is 11.6. The van der Waals surface area contributed by atoms with Crippen molar-refractivity contribution < 1.29 is 32.5 Å². The number of carbonyl (C=O) groups excluding carboxylic acids is 1. The van der Waals surface area contributed by atoms with Crippen molar-refractivity contribution in [2.24, 2.45) is 5.92 Å². The molecule has 0 amide bonds. The molecule has 118 valence electrons. The Kier molecular flexibility index (Phi) is 5.82. The average molecular weight is 298 g/mol. The second-order valence-corrected chi connectivity index (χ2v) is 5.54. The molecule has 1 rings (SSSR count). The summed E-state index contributed by atoms with van der Waals surface area (Å²) in [5, 5.41) is 9.32. The lowest BCUT2D eigenvalue weighted by Crippen LogP contribution is -2.45. The van der Waals surface area contributed by atoms with Gasteiger partial charge in [0.15, 0.2) is 5.60 Å². The topological polar surface area (TPSA) is 55.8 Å². The molecule has 0 saturated carbocycles. The van der Waals surface area contributed by atoms with E-state index >= 15 is 0 Å². The highest BCUT2D eigenvalue weighted by molar-refractivity contribution is 5.69. The number of ether oxygens (including phenoxy) is 2. The van der Waals surface area contributed by atoms with Gasteiger partial charge in [0.05, 0.1) is 0 Å². The van der Waals surface area contributed by atoms with Crippen LogP contribution in [0, 0.1) is 5.92 Å². The van der Waals surface area contributed by atoms with E-state index in [1.807, 2.05) is 0 Å². The van der Waals surface area contributed by atoms with Crippen molar-refractivity contribution in [3.63, 3.8) is 0 Å². The molecule has 0 bridgehead atoms. The third-order valence-corrected chi connectivity index (χ3v) is 3.42. The van der Waals surface area contributed by atoms with Crippen LogP contribution >= 0.6 is 0 Å². The molecule has 0 aromatic carbocycles. The van der Waals surface area contributed by atoms with Crippen LogP contribution in [0.1, 0.15) is 39.5 Å². The lowest BCUT2D eigenvalue weighted by molar-refractivity contribution is -0.261. The Morgan fingerprint density at radius 3 is 2.45 bits per heavy atom. The highest BCUT2D eigenvalue weighted by Gasteiger charge is 2.50. The molecule has 20 heavy (non-hydrogen) atoms. The van der Waals surface area contributed by atoms with E-state index in [1.54, 1.807) is 0 Å². The highest BCUT2D eigenvalue weighted by atomic mass is 19.4. The summed E-state index contributed by atoms with van der Waals surface area (Å²) in [6.45, 7) is 3.21. The fourth-order valence-corrected chi connectivity index (χ4v) is 2.18. The van der Waals surface area contributed by atoms with Gasteiger partial charge < -0.3 is 14.6 Å². The molecule has 1 saturated heterocycles. The summed E-state index contributed by atoms with van der Waals surface area (Å²) in [6, 6.07) is 0. The minimum Gasteiger partial charge on any atom is -0.463 e. The molecule has 7 heteroatoms. The third-order valence-electron chi connectivity index (χ3n) is 3.42. The second kappa shape index (κ2) is 6.76. The van der Waals surface area contributed by atoms with E-state index in [0.29, 0.717) is 20.1 Å². The number of hydrogen-bond donors (Lipinski definition) is 1. The van der Waals surface area contributed by atoms with Gasteiger partial charge in [0.25, 0.3) is 0 Å². The van der Waals surface area contributed by atoms with Crippen molar-refractivity contribution in [2.75, 3.05) is 13.2 Å². The van der Waals surface area contributed by atoms with Crippen LogP contribution in [0.2, 0.25) is 0 Å². The number of esters is 1. The highest BCUT2D eigenvalue weighted by Crippen LogP contribution is 2.34. The first-order valence-electron chi connectivity index (χ1n) is 6.68. The van der Waals surface area contributed by atoms with Crippen LogP contribution in [-0.4, -0.2) is 42.2 Å². The Balaban J connectivity index is 2.37. The predicted molar refractivity (Wildman–Crippen MR) is 65.0 cm³/mol. The van der Waals surface area contributed by atoms with E-state index in [4.69, 9.17) is 9.47 Å². The largest absolute Gasteiger partial charge is 0.463 e. The zero-order valence-electron chi connectivity index (χ0n) is 11.7. The Morgan fingerprint density at radius 1 is 1.40 bits per heavy atom. The van der Waals surface area contributed by atoms with Gasteiger partial charge >= 0.3 is 12.1 Å². The molecular weight excluding hydrogens is 277 g/mol. The SMILES string of the molecule is CC(CC(C)(O)C(F)(F)F)OC(=O)CC1CCOCC1. The number of hydrogen-bond acceptors (Lipinski definition) is 4. The van der Waals surface area contributed by atoms with Gasteiger partial charge in [0.1, 0.15) is 6.10 Å². The van der Waals surface area contributed by atoms with Gasteiger partial charge in [0, 0.05) is 26.1 Å². The van der Waals surface area contributed by atoms with E-state index in [2.05, 4.69) is 0 Å². The summed E-state index contributed by atoms with van der Waals surface area (Å²) >= 11 is 0. The zero-order chi connectivity index (χ0) is 15.4. The van der Waals surface area contributed by atoms with E-state index in [9.17, 15) is 23.1 Å². The van der Waals surface area contributed by atoms with Crippen molar-refractivity contribution in [2.45, 2.75) is 57.4 Å². The number of carbonyl (C=O) groups is 1. The maximum absolute atomic E-state index is 12.5. The molecule has 2 atom stereocenters. The second-order valence-electron chi connectivity index (χ2n) is 5.54. The summed E-state index contributed by atoms with van der Waals surface area (Å²) in [6.07, 6.45) is -4.71. The van der Waals surface area contributed by atoms with Gasteiger partial charge in [-0.3, -0.25) is 4.79 Å². The summed E-state index contributed by atoms with van der Waals surface area (Å²) < 4.78 is 47.6. The molecule has 1 fully saturated rings. The third kappa shape index (κ3) is 5.28. The summed E-state index contributed by atoms with van der Waals surface area (Å²) in [5.41, 5.74) is -2.86. The van der Waals surface area contributed by atoms with E-state index in [1.165, 1.54) is 6.92 Å². The molecule has 0 aromatic heterocycles. The van der Waals surface area contributed by atoms with Crippen molar-refractivity contribution >= 4 is 5.97 Å². The first-order valence-corrected chi connectivity index (χ1v) is 6.68. The van der Waals surface area contributed by atoms with Crippen molar-refractivity contribution in [3.8, 4) is 0 Å². The summed E-state index contributed by atoms with van der Waals surface area (Å²) in [5.74, 6) is -0.367. The first-order chi connectivity index (χ1) is 9.12.